The average molecular weight is 483 g/mol. The van der Waals surface area contributed by atoms with Crippen molar-refractivity contribution in [2.75, 3.05) is 7.11 Å². The van der Waals surface area contributed by atoms with Crippen molar-refractivity contribution < 1.29 is 19.2 Å². The molecule has 0 fully saturated rings. The van der Waals surface area contributed by atoms with Crippen molar-refractivity contribution in [1.82, 2.24) is 20.1 Å². The van der Waals surface area contributed by atoms with Crippen LogP contribution in [0.2, 0.25) is 0 Å². The number of benzene rings is 1. The summed E-state index contributed by atoms with van der Waals surface area (Å²) in [4.78, 5) is 25.0. The van der Waals surface area contributed by atoms with Crippen LogP contribution < -0.4 is 4.74 Å². The topological polar surface area (TPSA) is 114 Å². The van der Waals surface area contributed by atoms with Gasteiger partial charge in [0.2, 0.25) is 0 Å². The van der Waals surface area contributed by atoms with Crippen molar-refractivity contribution in [1.29, 1.82) is 0 Å². The molecule has 6 rings (SSSR count). The number of aromatic amines is 1. The summed E-state index contributed by atoms with van der Waals surface area (Å²) >= 11 is 0. The van der Waals surface area contributed by atoms with E-state index in [1.165, 1.54) is 0 Å². The number of carboxylic acids is 1. The largest absolute Gasteiger partial charge is 0.496 e. The van der Waals surface area contributed by atoms with E-state index in [0.29, 0.717) is 11.6 Å². The van der Waals surface area contributed by atoms with Crippen LogP contribution in [0.3, 0.4) is 0 Å². The summed E-state index contributed by atoms with van der Waals surface area (Å²) in [7, 11) is 1.65. The third-order valence-corrected chi connectivity index (χ3v) is 7.28. The summed E-state index contributed by atoms with van der Waals surface area (Å²) in [5, 5.41) is 15.7. The van der Waals surface area contributed by atoms with E-state index >= 15 is 0 Å². The van der Waals surface area contributed by atoms with Gasteiger partial charge in [-0.25, -0.2) is 9.97 Å². The van der Waals surface area contributed by atoms with Gasteiger partial charge in [0, 0.05) is 28.0 Å². The van der Waals surface area contributed by atoms with Crippen LogP contribution in [0.5, 0.6) is 5.75 Å². The number of ether oxygens (including phenoxy) is 1. The third kappa shape index (κ3) is 3.28. The van der Waals surface area contributed by atoms with Crippen LogP contribution in [0.25, 0.3) is 38.6 Å². The summed E-state index contributed by atoms with van der Waals surface area (Å²) in [5.41, 5.74) is 6.96. The molecule has 0 radical (unpaired) electrons. The van der Waals surface area contributed by atoms with Gasteiger partial charge in [0.05, 0.1) is 35.4 Å². The second-order valence-electron chi connectivity index (χ2n) is 9.44. The molecule has 0 spiro atoms. The fourth-order valence-corrected chi connectivity index (χ4v) is 5.69. The zero-order valence-electron chi connectivity index (χ0n) is 20.5. The highest BCUT2D eigenvalue weighted by atomic mass is 16.5. The molecule has 0 amide bonds. The number of aromatic nitrogens is 4. The first-order valence-corrected chi connectivity index (χ1v) is 12.0. The zero-order valence-corrected chi connectivity index (χ0v) is 20.5. The minimum absolute atomic E-state index is 0.0799. The van der Waals surface area contributed by atoms with Gasteiger partial charge < -0.3 is 19.4 Å². The molecule has 2 aliphatic rings. The van der Waals surface area contributed by atoms with E-state index in [4.69, 9.17) is 19.2 Å². The Morgan fingerprint density at radius 1 is 1.19 bits per heavy atom. The molecule has 8 heteroatoms. The van der Waals surface area contributed by atoms with E-state index in [1.807, 2.05) is 39.0 Å². The van der Waals surface area contributed by atoms with Gasteiger partial charge >= 0.3 is 5.97 Å². The highest BCUT2D eigenvalue weighted by molar-refractivity contribution is 6.13. The smallest absolute Gasteiger partial charge is 0.310 e. The zero-order chi connectivity index (χ0) is 25.1. The Kier molecular flexibility index (Phi) is 5.07. The van der Waals surface area contributed by atoms with Gasteiger partial charge in [-0.2, -0.15) is 0 Å². The second-order valence-corrected chi connectivity index (χ2v) is 9.44. The van der Waals surface area contributed by atoms with Crippen LogP contribution >= 0.6 is 0 Å². The third-order valence-electron chi connectivity index (χ3n) is 7.28. The second kappa shape index (κ2) is 8.19. The quantitative estimate of drug-likeness (QED) is 0.384. The van der Waals surface area contributed by atoms with Gasteiger partial charge in [-0.05, 0) is 51.3 Å². The molecular weight excluding hydrogens is 456 g/mol. The fraction of sp³-hybridized carbons (Fsp3) is 0.286. The molecule has 1 aromatic carbocycles. The average Bonchev–Trinajstić information content (AvgIpc) is 3.39. The molecule has 2 N–H and O–H groups in total. The number of H-pyrrole nitrogens is 1. The number of carbonyl (C=O) groups is 1. The first-order valence-electron chi connectivity index (χ1n) is 12.0. The molecule has 4 aromatic rings. The van der Waals surface area contributed by atoms with Gasteiger partial charge in [-0.1, -0.05) is 29.5 Å². The predicted molar refractivity (Wildman–Crippen MR) is 137 cm³/mol. The lowest BCUT2D eigenvalue weighted by Gasteiger charge is -2.30. The standard InChI is InChI=1S/C28H26N4O4/c1-13-24(14(2)36-32-13)21-11-22-20(12-23(21)35-4)25-26(29-15(3)30-27(25)31-22)18-9-10-19(28(33)34)17-8-6-5-7-16(17)18/h5,7,9-12,17,19H,6,8H2,1-4H3,(H,33,34)(H,29,30,31). The van der Waals surface area contributed by atoms with E-state index in [-0.39, 0.29) is 5.92 Å². The maximum Gasteiger partial charge on any atom is 0.310 e. The van der Waals surface area contributed by atoms with Crippen molar-refractivity contribution in [3.8, 4) is 16.9 Å². The Labute approximate surface area is 207 Å². The Morgan fingerprint density at radius 2 is 2.03 bits per heavy atom. The molecule has 0 bridgehead atoms. The highest BCUT2D eigenvalue weighted by Gasteiger charge is 2.34. The molecule has 2 unspecified atom stereocenters. The minimum Gasteiger partial charge on any atom is -0.496 e. The van der Waals surface area contributed by atoms with Crippen molar-refractivity contribution in [3.63, 3.8) is 0 Å². The van der Waals surface area contributed by atoms with E-state index in [1.54, 1.807) is 13.2 Å². The lowest BCUT2D eigenvalue weighted by atomic mass is 9.73. The number of nitrogens with zero attached hydrogens (tertiary/aromatic N) is 3. The minimum atomic E-state index is -0.796. The lowest BCUT2D eigenvalue weighted by Crippen LogP contribution is -2.27. The first kappa shape index (κ1) is 22.3. The summed E-state index contributed by atoms with van der Waals surface area (Å²) in [6.07, 6.45) is 9.56. The Bertz CT molecular complexity index is 1630. The van der Waals surface area contributed by atoms with E-state index in [0.717, 1.165) is 74.2 Å². The molecular formula is C28H26N4O4. The molecule has 8 nitrogen and oxygen atoms in total. The number of carboxylic acid groups (broad SMARTS) is 1. The molecule has 2 aliphatic carbocycles. The molecule has 0 saturated heterocycles. The lowest BCUT2D eigenvalue weighted by molar-refractivity contribution is -0.141. The number of methoxy groups -OCH3 is 1. The Hall–Kier alpha value is -4.20. The summed E-state index contributed by atoms with van der Waals surface area (Å²) in [5.74, 6) is 0.648. The molecule has 3 heterocycles. The molecule has 182 valence electrons. The van der Waals surface area contributed by atoms with Crippen LogP contribution in [0.15, 0.2) is 46.5 Å². The molecule has 3 aromatic heterocycles. The number of aryl methyl sites for hydroxylation is 3. The van der Waals surface area contributed by atoms with Crippen LogP contribution in [-0.4, -0.2) is 38.3 Å². The predicted octanol–water partition coefficient (Wildman–Crippen LogP) is 5.69. The number of nitrogens with one attached hydrogen (secondary N) is 1. The van der Waals surface area contributed by atoms with Crippen molar-refractivity contribution in [2.45, 2.75) is 33.6 Å². The van der Waals surface area contributed by atoms with E-state index in [9.17, 15) is 9.90 Å². The molecule has 0 saturated carbocycles. The monoisotopic (exact) mass is 482 g/mol. The van der Waals surface area contributed by atoms with Crippen LogP contribution in [0, 0.1) is 32.6 Å². The summed E-state index contributed by atoms with van der Waals surface area (Å²) < 4.78 is 11.2. The van der Waals surface area contributed by atoms with Gasteiger partial charge in [0.25, 0.3) is 0 Å². The number of allylic oxidation sites excluding steroid dienone is 5. The molecule has 0 aliphatic heterocycles. The number of rotatable bonds is 4. The van der Waals surface area contributed by atoms with Crippen molar-refractivity contribution in [2.24, 2.45) is 11.8 Å². The van der Waals surface area contributed by atoms with Gasteiger partial charge in [0.1, 0.15) is 23.0 Å². The van der Waals surface area contributed by atoms with Crippen LogP contribution in [0.4, 0.5) is 0 Å². The summed E-state index contributed by atoms with van der Waals surface area (Å²) in [6, 6.07) is 4.05. The number of fused-ring (bicyclic) bond motifs is 4. The normalized spacial score (nSPS) is 19.3. The van der Waals surface area contributed by atoms with Crippen LogP contribution in [0.1, 0.15) is 35.8 Å². The number of aliphatic carboxylic acids is 1. The SMILES string of the molecule is COc1cc2c(cc1-c1c(C)noc1C)[nH]c1nc(C)nc(C3=C4C=CCCC4C(C(=O)O)C=C3)c12. The maximum absolute atomic E-state index is 11.9. The van der Waals surface area contributed by atoms with Gasteiger partial charge in [-0.15, -0.1) is 0 Å². The first-order chi connectivity index (χ1) is 17.4. The Balaban J connectivity index is 1.64. The van der Waals surface area contributed by atoms with Crippen LogP contribution in [-0.2, 0) is 4.79 Å². The number of hydrogen-bond donors (Lipinski definition) is 2. The molecule has 36 heavy (non-hydrogen) atoms. The summed E-state index contributed by atoms with van der Waals surface area (Å²) in [6.45, 7) is 5.67. The van der Waals surface area contributed by atoms with Crippen molar-refractivity contribution >= 4 is 33.5 Å². The van der Waals surface area contributed by atoms with E-state index < -0.39 is 11.9 Å². The Morgan fingerprint density at radius 3 is 2.75 bits per heavy atom. The maximum atomic E-state index is 11.9. The van der Waals surface area contributed by atoms with Gasteiger partial charge in [-0.3, -0.25) is 4.79 Å². The highest BCUT2D eigenvalue weighted by Crippen LogP contribution is 2.44. The molecule has 2 atom stereocenters. The van der Waals surface area contributed by atoms with E-state index in [2.05, 4.69) is 22.3 Å². The number of hydrogen-bond acceptors (Lipinski definition) is 6. The van der Waals surface area contributed by atoms with Crippen molar-refractivity contribution in [3.05, 3.63) is 65.0 Å². The fourth-order valence-electron chi connectivity index (χ4n) is 5.69. The van der Waals surface area contributed by atoms with Gasteiger partial charge in [0.15, 0.2) is 0 Å².